The van der Waals surface area contributed by atoms with E-state index in [9.17, 15) is 0 Å². The van der Waals surface area contributed by atoms with Gasteiger partial charge in [0.1, 0.15) is 0 Å². The highest BCUT2D eigenvalue weighted by Crippen LogP contribution is 2.37. The predicted molar refractivity (Wildman–Crippen MR) is 90.4 cm³/mol. The molecule has 0 fully saturated rings. The van der Waals surface area contributed by atoms with Gasteiger partial charge in [-0.25, -0.2) is 0 Å². The van der Waals surface area contributed by atoms with Crippen molar-refractivity contribution in [2.45, 2.75) is 32.2 Å². The van der Waals surface area contributed by atoms with Crippen LogP contribution in [0.4, 0.5) is 0 Å². The minimum absolute atomic E-state index is 0.0716. The summed E-state index contributed by atoms with van der Waals surface area (Å²) in [6.07, 6.45) is 0. The fourth-order valence-electron chi connectivity index (χ4n) is 2.10. The van der Waals surface area contributed by atoms with Gasteiger partial charge in [0, 0.05) is 19.8 Å². The van der Waals surface area contributed by atoms with Gasteiger partial charge < -0.3 is 5.32 Å². The molecule has 0 bridgehead atoms. The van der Waals surface area contributed by atoms with Crippen LogP contribution in [0.3, 0.4) is 0 Å². The van der Waals surface area contributed by atoms with Crippen molar-refractivity contribution in [3.05, 3.63) is 55.7 Å². The second kappa shape index (κ2) is 6.07. The summed E-state index contributed by atoms with van der Waals surface area (Å²) in [5.74, 6) is 0. The molecule has 1 N–H and O–H groups in total. The molecule has 0 saturated heterocycles. The van der Waals surface area contributed by atoms with Crippen LogP contribution < -0.4 is 5.32 Å². The first kappa shape index (κ1) is 15.8. The van der Waals surface area contributed by atoms with Crippen LogP contribution in [0.5, 0.6) is 0 Å². The van der Waals surface area contributed by atoms with Crippen molar-refractivity contribution in [3.8, 4) is 0 Å². The van der Waals surface area contributed by atoms with E-state index in [1.165, 1.54) is 9.75 Å². The maximum absolute atomic E-state index is 6.32. The van der Waals surface area contributed by atoms with Crippen molar-refractivity contribution >= 4 is 34.5 Å². The molecule has 1 aromatic heterocycles. The van der Waals surface area contributed by atoms with Crippen LogP contribution in [-0.4, -0.2) is 7.05 Å². The number of rotatable bonds is 3. The van der Waals surface area contributed by atoms with Crippen molar-refractivity contribution in [1.29, 1.82) is 0 Å². The fourth-order valence-corrected chi connectivity index (χ4v) is 3.70. The smallest absolute Gasteiger partial charge is 0.0683 e. The van der Waals surface area contributed by atoms with Crippen LogP contribution in [0.2, 0.25) is 10.0 Å². The topological polar surface area (TPSA) is 12.0 Å². The zero-order valence-corrected chi connectivity index (χ0v) is 14.5. The molecule has 0 aliphatic heterocycles. The van der Waals surface area contributed by atoms with Gasteiger partial charge in [-0.05, 0) is 48.4 Å². The quantitative estimate of drug-likeness (QED) is 0.766. The lowest BCUT2D eigenvalue weighted by Gasteiger charge is -2.18. The number of nitrogens with one attached hydrogen (secondary N) is 1. The summed E-state index contributed by atoms with van der Waals surface area (Å²) in [5.41, 5.74) is 1.18. The third-order valence-electron chi connectivity index (χ3n) is 3.21. The van der Waals surface area contributed by atoms with Crippen molar-refractivity contribution in [2.24, 2.45) is 0 Å². The van der Waals surface area contributed by atoms with E-state index in [-0.39, 0.29) is 11.5 Å². The first-order valence-corrected chi connectivity index (χ1v) is 8.12. The van der Waals surface area contributed by atoms with Crippen LogP contribution >= 0.6 is 34.5 Å². The Morgan fingerprint density at radius 3 is 2.35 bits per heavy atom. The van der Waals surface area contributed by atoms with Gasteiger partial charge in [0.2, 0.25) is 0 Å². The van der Waals surface area contributed by atoms with Gasteiger partial charge in [-0.1, -0.05) is 44.0 Å². The SMILES string of the molecule is CNC(c1ccc(C(C)(C)C)s1)c1cc(Cl)ccc1Cl. The first-order chi connectivity index (χ1) is 9.32. The fraction of sp³-hybridized carbons (Fsp3) is 0.375. The van der Waals surface area contributed by atoms with Crippen LogP contribution in [0, 0.1) is 0 Å². The molecule has 1 heterocycles. The minimum Gasteiger partial charge on any atom is -0.309 e. The number of thiophene rings is 1. The summed E-state index contributed by atoms with van der Waals surface area (Å²) in [4.78, 5) is 2.62. The molecular weight excluding hydrogens is 309 g/mol. The monoisotopic (exact) mass is 327 g/mol. The highest BCUT2D eigenvalue weighted by atomic mass is 35.5. The van der Waals surface area contributed by atoms with E-state index in [1.807, 2.05) is 36.6 Å². The van der Waals surface area contributed by atoms with Crippen molar-refractivity contribution in [3.63, 3.8) is 0 Å². The van der Waals surface area contributed by atoms with Crippen molar-refractivity contribution in [2.75, 3.05) is 7.05 Å². The average molecular weight is 328 g/mol. The van der Waals surface area contributed by atoms with E-state index in [4.69, 9.17) is 23.2 Å². The average Bonchev–Trinajstić information content (AvgIpc) is 2.84. The van der Waals surface area contributed by atoms with Crippen LogP contribution in [-0.2, 0) is 5.41 Å². The number of benzene rings is 1. The normalized spacial score (nSPS) is 13.5. The van der Waals surface area contributed by atoms with Gasteiger partial charge in [-0.2, -0.15) is 0 Å². The van der Waals surface area contributed by atoms with E-state index in [0.717, 1.165) is 10.6 Å². The maximum Gasteiger partial charge on any atom is 0.0683 e. The Labute approximate surface area is 134 Å². The molecule has 2 rings (SSSR count). The molecule has 2 aromatic rings. The summed E-state index contributed by atoms with van der Waals surface area (Å²) < 4.78 is 0. The largest absolute Gasteiger partial charge is 0.309 e. The first-order valence-electron chi connectivity index (χ1n) is 6.55. The lowest BCUT2D eigenvalue weighted by atomic mass is 9.95. The zero-order chi connectivity index (χ0) is 14.9. The second-order valence-corrected chi connectivity index (χ2v) is 7.80. The maximum atomic E-state index is 6.32. The third kappa shape index (κ3) is 3.37. The standard InChI is InChI=1S/C16H19Cl2NS/c1-16(2,3)14-8-7-13(20-14)15(19-4)11-9-10(17)5-6-12(11)18/h5-9,15,19H,1-4H3. The van der Waals surface area contributed by atoms with Gasteiger partial charge in [0.05, 0.1) is 6.04 Å². The van der Waals surface area contributed by atoms with Crippen molar-refractivity contribution < 1.29 is 0 Å². The van der Waals surface area contributed by atoms with E-state index in [2.05, 4.69) is 38.2 Å². The highest BCUT2D eigenvalue weighted by molar-refractivity contribution is 7.12. The molecule has 20 heavy (non-hydrogen) atoms. The van der Waals surface area contributed by atoms with E-state index >= 15 is 0 Å². The lowest BCUT2D eigenvalue weighted by molar-refractivity contribution is 0.604. The second-order valence-electron chi connectivity index (χ2n) is 5.84. The summed E-state index contributed by atoms with van der Waals surface area (Å²) in [6.45, 7) is 6.68. The summed E-state index contributed by atoms with van der Waals surface area (Å²) >= 11 is 14.2. The Bertz CT molecular complexity index is 599. The molecule has 0 radical (unpaired) electrons. The molecule has 108 valence electrons. The Morgan fingerprint density at radius 2 is 1.80 bits per heavy atom. The van der Waals surface area contributed by atoms with Gasteiger partial charge in [0.15, 0.2) is 0 Å². The van der Waals surface area contributed by atoms with Gasteiger partial charge in [-0.15, -0.1) is 11.3 Å². The molecule has 1 unspecified atom stereocenters. The van der Waals surface area contributed by atoms with E-state index < -0.39 is 0 Å². The molecule has 0 aliphatic rings. The van der Waals surface area contributed by atoms with Crippen LogP contribution in [0.1, 0.15) is 42.1 Å². The predicted octanol–water partition coefficient (Wildman–Crippen LogP) is 5.66. The molecule has 0 spiro atoms. The summed E-state index contributed by atoms with van der Waals surface area (Å²) in [6, 6.07) is 10.0. The van der Waals surface area contributed by atoms with E-state index in [0.29, 0.717) is 5.02 Å². The molecule has 4 heteroatoms. The van der Waals surface area contributed by atoms with Gasteiger partial charge >= 0.3 is 0 Å². The number of halogens is 2. The van der Waals surface area contributed by atoms with Crippen LogP contribution in [0.25, 0.3) is 0 Å². The van der Waals surface area contributed by atoms with Gasteiger partial charge in [0.25, 0.3) is 0 Å². The molecule has 1 nitrogen and oxygen atoms in total. The molecular formula is C16H19Cl2NS. The Kier molecular flexibility index (Phi) is 4.80. The van der Waals surface area contributed by atoms with Crippen molar-refractivity contribution in [1.82, 2.24) is 5.32 Å². The summed E-state index contributed by atoms with van der Waals surface area (Å²) in [7, 11) is 1.94. The Hall–Kier alpha value is -0.540. The molecule has 0 saturated carbocycles. The van der Waals surface area contributed by atoms with Gasteiger partial charge in [-0.3, -0.25) is 0 Å². The number of hydrogen-bond acceptors (Lipinski definition) is 2. The molecule has 1 atom stereocenters. The van der Waals surface area contributed by atoms with E-state index in [1.54, 1.807) is 0 Å². The van der Waals surface area contributed by atoms with Crippen LogP contribution in [0.15, 0.2) is 30.3 Å². The number of hydrogen-bond donors (Lipinski definition) is 1. The highest BCUT2D eigenvalue weighted by Gasteiger charge is 2.21. The molecule has 0 aliphatic carbocycles. The minimum atomic E-state index is 0.0716. The zero-order valence-electron chi connectivity index (χ0n) is 12.1. The molecule has 0 amide bonds. The third-order valence-corrected chi connectivity index (χ3v) is 5.36. The lowest BCUT2D eigenvalue weighted by Crippen LogP contribution is -2.17. The Balaban J connectivity index is 2.42. The molecule has 1 aromatic carbocycles. The summed E-state index contributed by atoms with van der Waals surface area (Å²) in [5, 5.41) is 4.78. The Morgan fingerprint density at radius 1 is 1.10 bits per heavy atom.